The van der Waals surface area contributed by atoms with E-state index in [-0.39, 0.29) is 28.9 Å². The molecule has 5 fully saturated rings. The Bertz CT molecular complexity index is 799. The molecule has 10 atom stereocenters. The summed E-state index contributed by atoms with van der Waals surface area (Å²) in [7, 11) is 0. The molecule has 1 amide bonds. The van der Waals surface area contributed by atoms with Crippen molar-refractivity contribution in [1.29, 1.82) is 0 Å². The molecule has 5 heteroatoms. The highest BCUT2D eigenvalue weighted by molar-refractivity contribution is 5.75. The van der Waals surface area contributed by atoms with E-state index in [4.69, 9.17) is 0 Å². The van der Waals surface area contributed by atoms with Gasteiger partial charge in [0.25, 0.3) is 0 Å². The molecule has 0 spiro atoms. The quantitative estimate of drug-likeness (QED) is 0.283. The average molecular weight is 531 g/mol. The molecular weight excluding hydrogens is 472 g/mol. The van der Waals surface area contributed by atoms with Crippen LogP contribution in [0.15, 0.2) is 0 Å². The van der Waals surface area contributed by atoms with E-state index in [2.05, 4.69) is 31.4 Å². The molecule has 0 radical (unpaired) electrons. The van der Waals surface area contributed by atoms with Crippen molar-refractivity contribution in [3.63, 3.8) is 0 Å². The van der Waals surface area contributed by atoms with Crippen molar-refractivity contribution in [3.8, 4) is 0 Å². The summed E-state index contributed by atoms with van der Waals surface area (Å²) < 4.78 is 0. The maximum absolute atomic E-state index is 12.6. The zero-order valence-electron chi connectivity index (χ0n) is 24.7. The van der Waals surface area contributed by atoms with Gasteiger partial charge in [-0.1, -0.05) is 40.0 Å². The van der Waals surface area contributed by atoms with Crippen molar-refractivity contribution in [3.05, 3.63) is 0 Å². The molecule has 0 saturated heterocycles. The number of amides is 1. The lowest BCUT2D eigenvalue weighted by Gasteiger charge is -2.62. The number of hydrogen-bond acceptors (Lipinski definition) is 4. The summed E-state index contributed by atoms with van der Waals surface area (Å²) >= 11 is 0. The Morgan fingerprint density at radius 1 is 0.921 bits per heavy atom. The lowest BCUT2D eigenvalue weighted by atomic mass is 9.43. The molecule has 5 rings (SSSR count). The predicted octanol–water partition coefficient (Wildman–Crippen LogP) is 5.82. The number of aliphatic hydroxyl groups is 2. The third kappa shape index (κ3) is 5.59. The molecule has 0 aromatic rings. The van der Waals surface area contributed by atoms with E-state index < -0.39 is 0 Å². The highest BCUT2D eigenvalue weighted by Gasteiger charge is 2.63. The lowest BCUT2D eigenvalue weighted by Crippen LogP contribution is -2.58. The average Bonchev–Trinajstić information content (AvgIpc) is 3.27. The molecule has 0 bridgehead atoms. The first kappa shape index (κ1) is 28.9. The van der Waals surface area contributed by atoms with Crippen molar-refractivity contribution >= 4 is 5.91 Å². The van der Waals surface area contributed by atoms with Gasteiger partial charge in [-0.25, -0.2) is 0 Å². The van der Waals surface area contributed by atoms with Crippen molar-refractivity contribution in [1.82, 2.24) is 10.6 Å². The van der Waals surface area contributed by atoms with Crippen LogP contribution in [0.5, 0.6) is 0 Å². The SMILES string of the molecule is C[C@H](CCC(=O)NCCCNC1CCCCC1)C1CCC2C3CCC4C[C@H](O)CCC4(C)C3C[C@H](O)C21C. The van der Waals surface area contributed by atoms with Crippen molar-refractivity contribution in [2.75, 3.05) is 13.1 Å². The van der Waals surface area contributed by atoms with Gasteiger partial charge in [-0.15, -0.1) is 0 Å². The normalized spacial score (nSPS) is 44.1. The highest BCUT2D eigenvalue weighted by Crippen LogP contribution is 2.68. The maximum atomic E-state index is 12.6. The van der Waals surface area contributed by atoms with Crippen molar-refractivity contribution in [2.45, 2.75) is 142 Å². The minimum atomic E-state index is -0.239. The molecule has 218 valence electrons. The molecule has 7 unspecified atom stereocenters. The molecule has 0 aromatic heterocycles. The van der Waals surface area contributed by atoms with E-state index in [1.165, 1.54) is 57.8 Å². The number of hydrogen-bond donors (Lipinski definition) is 4. The predicted molar refractivity (Wildman–Crippen MR) is 154 cm³/mol. The molecule has 5 nitrogen and oxygen atoms in total. The maximum Gasteiger partial charge on any atom is 0.220 e. The number of rotatable bonds is 9. The summed E-state index contributed by atoms with van der Waals surface area (Å²) in [5, 5.41) is 28.9. The first-order valence-electron chi connectivity index (χ1n) is 16.6. The van der Waals surface area contributed by atoms with E-state index in [0.29, 0.717) is 42.1 Å². The summed E-state index contributed by atoms with van der Waals surface area (Å²) in [4.78, 5) is 12.6. The van der Waals surface area contributed by atoms with Crippen molar-refractivity contribution < 1.29 is 15.0 Å². The molecule has 4 N–H and O–H groups in total. The summed E-state index contributed by atoms with van der Waals surface area (Å²) in [6.07, 6.45) is 17.9. The molecule has 0 heterocycles. The summed E-state index contributed by atoms with van der Waals surface area (Å²) in [6.45, 7) is 9.03. The van der Waals surface area contributed by atoms with Crippen LogP contribution in [0.25, 0.3) is 0 Å². The van der Waals surface area contributed by atoms with Gasteiger partial charge < -0.3 is 20.8 Å². The van der Waals surface area contributed by atoms with Gasteiger partial charge in [0.05, 0.1) is 12.2 Å². The van der Waals surface area contributed by atoms with Crippen LogP contribution in [0, 0.1) is 46.3 Å². The molecule has 5 saturated carbocycles. The van der Waals surface area contributed by atoms with E-state index in [9.17, 15) is 15.0 Å². The fourth-order valence-corrected chi connectivity index (χ4v) is 10.7. The Balaban J connectivity index is 1.10. The standard InChI is InChI=1S/C33H58N2O3/c1-22(10-15-31(38)35-19-7-18-34-24-8-5-4-6-9-24)27-13-14-28-26-12-11-23-20-25(36)16-17-32(23,2)29(26)21-30(37)33(27,28)3/h22-30,34,36-37H,4-21H2,1-3H3,(H,35,38)/t22-,23?,25-,26?,27?,28?,29?,30+,32?,33?/m1/s1. The van der Waals surface area contributed by atoms with Gasteiger partial charge in [-0.2, -0.15) is 0 Å². The molecule has 5 aliphatic carbocycles. The van der Waals surface area contributed by atoms with Gasteiger partial charge in [0.2, 0.25) is 5.91 Å². The van der Waals surface area contributed by atoms with Crippen LogP contribution in [0.3, 0.4) is 0 Å². The smallest absolute Gasteiger partial charge is 0.220 e. The Hall–Kier alpha value is -0.650. The van der Waals surface area contributed by atoms with Crippen molar-refractivity contribution in [2.24, 2.45) is 46.3 Å². The number of carbonyl (C=O) groups is 1. The van der Waals surface area contributed by atoms with E-state index in [1.54, 1.807) is 0 Å². The summed E-state index contributed by atoms with van der Waals surface area (Å²) in [5.41, 5.74) is 0.275. The van der Waals surface area contributed by atoms with E-state index >= 15 is 0 Å². The topological polar surface area (TPSA) is 81.6 Å². The number of nitrogens with one attached hydrogen (secondary N) is 2. The second-order valence-corrected chi connectivity index (χ2v) is 14.9. The van der Waals surface area contributed by atoms with Gasteiger partial charge in [-0.3, -0.25) is 4.79 Å². The first-order chi connectivity index (χ1) is 18.2. The number of carbonyl (C=O) groups excluding carboxylic acids is 1. The van der Waals surface area contributed by atoms with E-state index in [1.807, 2.05) is 0 Å². The van der Waals surface area contributed by atoms with Crippen LogP contribution in [0.1, 0.15) is 124 Å². The second-order valence-electron chi connectivity index (χ2n) is 14.9. The molecular formula is C33H58N2O3. The lowest BCUT2D eigenvalue weighted by molar-refractivity contribution is -0.174. The van der Waals surface area contributed by atoms with Gasteiger partial charge in [0.15, 0.2) is 0 Å². The minimum absolute atomic E-state index is 0.0147. The van der Waals surface area contributed by atoms with Gasteiger partial charge in [0.1, 0.15) is 0 Å². The zero-order valence-corrected chi connectivity index (χ0v) is 24.7. The zero-order chi connectivity index (χ0) is 26.9. The van der Waals surface area contributed by atoms with Gasteiger partial charge in [-0.05, 0) is 130 Å². The number of fused-ring (bicyclic) bond motifs is 5. The fourth-order valence-electron chi connectivity index (χ4n) is 10.7. The second kappa shape index (κ2) is 12.1. The molecule has 0 aromatic carbocycles. The van der Waals surface area contributed by atoms with Gasteiger partial charge >= 0.3 is 0 Å². The largest absolute Gasteiger partial charge is 0.393 e. The third-order valence-corrected chi connectivity index (χ3v) is 13.0. The molecule has 38 heavy (non-hydrogen) atoms. The van der Waals surface area contributed by atoms with Crippen LogP contribution in [-0.4, -0.2) is 47.5 Å². The highest BCUT2D eigenvalue weighted by atomic mass is 16.3. The summed E-state index contributed by atoms with van der Waals surface area (Å²) in [5.74, 6) is 3.74. The first-order valence-corrected chi connectivity index (χ1v) is 16.6. The van der Waals surface area contributed by atoms with Crippen LogP contribution >= 0.6 is 0 Å². The van der Waals surface area contributed by atoms with Crippen LogP contribution in [-0.2, 0) is 4.79 Å². The third-order valence-electron chi connectivity index (χ3n) is 13.0. The monoisotopic (exact) mass is 530 g/mol. The van der Waals surface area contributed by atoms with Crippen LogP contribution in [0.4, 0.5) is 0 Å². The van der Waals surface area contributed by atoms with Crippen LogP contribution < -0.4 is 10.6 Å². The van der Waals surface area contributed by atoms with Crippen LogP contribution in [0.2, 0.25) is 0 Å². The summed E-state index contributed by atoms with van der Waals surface area (Å²) in [6, 6.07) is 0.691. The number of aliphatic hydroxyl groups excluding tert-OH is 2. The van der Waals surface area contributed by atoms with E-state index in [0.717, 1.165) is 57.5 Å². The molecule has 0 aliphatic heterocycles. The Morgan fingerprint density at radius 3 is 2.50 bits per heavy atom. The Morgan fingerprint density at radius 2 is 1.71 bits per heavy atom. The Kier molecular flexibility index (Phi) is 9.17. The minimum Gasteiger partial charge on any atom is -0.393 e. The molecule has 5 aliphatic rings. The van der Waals surface area contributed by atoms with Gasteiger partial charge in [0, 0.05) is 19.0 Å². The Labute approximate surface area is 232 Å². The fraction of sp³-hybridized carbons (Fsp3) is 0.970.